The molecule has 23 heavy (non-hydrogen) atoms. The van der Waals surface area contributed by atoms with Gasteiger partial charge < -0.3 is 25.4 Å². The van der Waals surface area contributed by atoms with Crippen molar-refractivity contribution in [1.82, 2.24) is 15.5 Å². The van der Waals surface area contributed by atoms with E-state index in [-0.39, 0.29) is 18.6 Å². The molecule has 0 aromatic heterocycles. The van der Waals surface area contributed by atoms with Crippen molar-refractivity contribution in [2.75, 3.05) is 39.3 Å². The monoisotopic (exact) mass is 327 g/mol. The lowest BCUT2D eigenvalue weighted by atomic mass is 9.99. The second kappa shape index (κ2) is 9.72. The molecule has 3 N–H and O–H groups in total. The molecule has 7 heteroatoms. The summed E-state index contributed by atoms with van der Waals surface area (Å²) in [5, 5.41) is 14.7. The number of urea groups is 1. The van der Waals surface area contributed by atoms with Gasteiger partial charge in [0.25, 0.3) is 0 Å². The van der Waals surface area contributed by atoms with Gasteiger partial charge in [-0.2, -0.15) is 0 Å². The van der Waals surface area contributed by atoms with E-state index in [4.69, 9.17) is 9.84 Å². The molecule has 0 aromatic rings. The van der Waals surface area contributed by atoms with E-state index in [1.807, 2.05) is 0 Å². The minimum absolute atomic E-state index is 0.0902. The Bertz CT molecular complexity index is 378. The van der Waals surface area contributed by atoms with E-state index in [2.05, 4.69) is 10.6 Å². The highest BCUT2D eigenvalue weighted by Gasteiger charge is 2.24. The van der Waals surface area contributed by atoms with Crippen molar-refractivity contribution in [2.45, 2.75) is 44.6 Å². The Hall–Kier alpha value is -1.34. The lowest BCUT2D eigenvalue weighted by Gasteiger charge is -2.33. The fourth-order valence-corrected chi connectivity index (χ4v) is 3.09. The molecule has 2 fully saturated rings. The van der Waals surface area contributed by atoms with Crippen LogP contribution in [0.15, 0.2) is 0 Å². The van der Waals surface area contributed by atoms with Gasteiger partial charge >= 0.3 is 12.0 Å². The average Bonchev–Trinajstić information content (AvgIpc) is 2.58. The Morgan fingerprint density at radius 2 is 1.87 bits per heavy atom. The van der Waals surface area contributed by atoms with Crippen LogP contribution in [-0.4, -0.2) is 67.4 Å². The van der Waals surface area contributed by atoms with Crippen molar-refractivity contribution in [3.63, 3.8) is 0 Å². The van der Waals surface area contributed by atoms with Gasteiger partial charge in [0.1, 0.15) is 0 Å². The highest BCUT2D eigenvalue weighted by Crippen LogP contribution is 2.18. The molecule has 132 valence electrons. The first-order valence-corrected chi connectivity index (χ1v) is 8.72. The van der Waals surface area contributed by atoms with Crippen LogP contribution in [0.2, 0.25) is 0 Å². The van der Waals surface area contributed by atoms with Crippen LogP contribution in [0.5, 0.6) is 0 Å². The molecular weight excluding hydrogens is 298 g/mol. The Kier molecular flexibility index (Phi) is 7.61. The number of rotatable bonds is 7. The molecule has 0 saturated carbocycles. The molecule has 2 rings (SSSR count). The molecule has 7 nitrogen and oxygen atoms in total. The number of carboxylic acid groups (broad SMARTS) is 1. The smallest absolute Gasteiger partial charge is 0.317 e. The third kappa shape index (κ3) is 6.74. The first-order chi connectivity index (χ1) is 11.1. The molecule has 0 spiro atoms. The summed E-state index contributed by atoms with van der Waals surface area (Å²) in [6.45, 7) is 4.86. The molecule has 2 amide bonds. The predicted molar refractivity (Wildman–Crippen MR) is 86.4 cm³/mol. The summed E-state index contributed by atoms with van der Waals surface area (Å²) in [4.78, 5) is 24.2. The zero-order chi connectivity index (χ0) is 16.5. The number of carbonyl (C=O) groups is 2. The van der Waals surface area contributed by atoms with Crippen LogP contribution in [-0.2, 0) is 9.53 Å². The van der Waals surface area contributed by atoms with Crippen molar-refractivity contribution >= 4 is 12.0 Å². The Balaban J connectivity index is 1.55. The van der Waals surface area contributed by atoms with Crippen LogP contribution in [0.3, 0.4) is 0 Å². The van der Waals surface area contributed by atoms with Crippen LogP contribution in [0.4, 0.5) is 4.79 Å². The fourth-order valence-electron chi connectivity index (χ4n) is 3.09. The maximum absolute atomic E-state index is 12.0. The number of likely N-dealkylation sites (tertiary alicyclic amines) is 1. The number of nitrogens with zero attached hydrogens (tertiary/aromatic N) is 1. The zero-order valence-corrected chi connectivity index (χ0v) is 13.8. The highest BCUT2D eigenvalue weighted by molar-refractivity contribution is 5.74. The molecule has 0 bridgehead atoms. The van der Waals surface area contributed by atoms with E-state index in [0.29, 0.717) is 32.0 Å². The predicted octanol–water partition coefficient (Wildman–Crippen LogP) is 1.04. The second-order valence-electron chi connectivity index (χ2n) is 6.44. The summed E-state index contributed by atoms with van der Waals surface area (Å²) < 4.78 is 6.02. The third-order valence-corrected chi connectivity index (χ3v) is 4.60. The normalized spacial score (nSPS) is 20.4. The fraction of sp³-hybridized carbons (Fsp3) is 0.875. The van der Waals surface area contributed by atoms with E-state index >= 15 is 0 Å². The largest absolute Gasteiger partial charge is 0.481 e. The number of carbonyl (C=O) groups excluding carboxylic acids is 1. The number of aliphatic carboxylic acids is 1. The Morgan fingerprint density at radius 3 is 2.52 bits per heavy atom. The van der Waals surface area contributed by atoms with E-state index < -0.39 is 5.97 Å². The van der Waals surface area contributed by atoms with Gasteiger partial charge in [-0.25, -0.2) is 4.79 Å². The standard InChI is InChI=1S/C16H29N3O4/c20-15(21)2-1-7-18-16(22)19-10-5-14(6-11-19)23-12-13-3-8-17-9-4-13/h13-14,17H,1-12H2,(H,18,22)(H,20,21). The summed E-state index contributed by atoms with van der Waals surface area (Å²) in [5.41, 5.74) is 0. The van der Waals surface area contributed by atoms with Crippen molar-refractivity contribution in [3.05, 3.63) is 0 Å². The summed E-state index contributed by atoms with van der Waals surface area (Å²) in [5.74, 6) is -0.155. The van der Waals surface area contributed by atoms with Crippen molar-refractivity contribution in [3.8, 4) is 0 Å². The van der Waals surface area contributed by atoms with Gasteiger partial charge in [-0.05, 0) is 51.1 Å². The summed E-state index contributed by atoms with van der Waals surface area (Å²) >= 11 is 0. The Morgan fingerprint density at radius 1 is 1.17 bits per heavy atom. The van der Waals surface area contributed by atoms with Gasteiger partial charge in [0.15, 0.2) is 0 Å². The zero-order valence-electron chi connectivity index (χ0n) is 13.8. The second-order valence-corrected chi connectivity index (χ2v) is 6.44. The molecule has 0 atom stereocenters. The van der Waals surface area contributed by atoms with Gasteiger partial charge in [-0.1, -0.05) is 0 Å². The van der Waals surface area contributed by atoms with E-state index in [1.165, 1.54) is 12.8 Å². The van der Waals surface area contributed by atoms with E-state index in [0.717, 1.165) is 32.5 Å². The van der Waals surface area contributed by atoms with E-state index in [9.17, 15) is 9.59 Å². The molecule has 0 aliphatic carbocycles. The minimum atomic E-state index is -0.828. The van der Waals surface area contributed by atoms with Crippen LogP contribution in [0.1, 0.15) is 38.5 Å². The topological polar surface area (TPSA) is 90.9 Å². The third-order valence-electron chi connectivity index (χ3n) is 4.60. The molecular formula is C16H29N3O4. The summed E-state index contributed by atoms with van der Waals surface area (Å²) in [6.07, 6.45) is 4.97. The van der Waals surface area contributed by atoms with Crippen LogP contribution < -0.4 is 10.6 Å². The number of ether oxygens (including phenoxy) is 1. The van der Waals surface area contributed by atoms with Crippen molar-refractivity contribution in [1.29, 1.82) is 0 Å². The van der Waals surface area contributed by atoms with Gasteiger partial charge in [0, 0.05) is 32.7 Å². The lowest BCUT2D eigenvalue weighted by Crippen LogP contribution is -2.46. The quantitative estimate of drug-likeness (QED) is 0.608. The number of hydrogen-bond acceptors (Lipinski definition) is 4. The molecule has 2 aliphatic heterocycles. The molecule has 0 aromatic carbocycles. The molecule has 2 saturated heterocycles. The van der Waals surface area contributed by atoms with Gasteiger partial charge in [-0.15, -0.1) is 0 Å². The maximum atomic E-state index is 12.0. The number of amides is 2. The van der Waals surface area contributed by atoms with Crippen molar-refractivity contribution < 1.29 is 19.4 Å². The average molecular weight is 327 g/mol. The van der Waals surface area contributed by atoms with Gasteiger partial charge in [-0.3, -0.25) is 4.79 Å². The SMILES string of the molecule is O=C(O)CCCNC(=O)N1CCC(OCC2CCNCC2)CC1. The number of piperidine rings is 2. The maximum Gasteiger partial charge on any atom is 0.317 e. The van der Waals surface area contributed by atoms with Crippen LogP contribution in [0.25, 0.3) is 0 Å². The van der Waals surface area contributed by atoms with Crippen molar-refractivity contribution in [2.24, 2.45) is 5.92 Å². The molecule has 2 heterocycles. The summed E-state index contributed by atoms with van der Waals surface area (Å²) in [6, 6.07) is -0.0906. The first kappa shape index (κ1) is 18.0. The van der Waals surface area contributed by atoms with Crippen LogP contribution in [0, 0.1) is 5.92 Å². The molecule has 2 aliphatic rings. The molecule has 0 radical (unpaired) electrons. The Labute approximate surface area is 137 Å². The number of hydrogen-bond donors (Lipinski definition) is 3. The lowest BCUT2D eigenvalue weighted by molar-refractivity contribution is -0.137. The van der Waals surface area contributed by atoms with E-state index in [1.54, 1.807) is 4.90 Å². The number of carboxylic acids is 1. The summed E-state index contributed by atoms with van der Waals surface area (Å²) in [7, 11) is 0. The van der Waals surface area contributed by atoms with Crippen LogP contribution >= 0.6 is 0 Å². The first-order valence-electron chi connectivity index (χ1n) is 8.72. The molecule has 0 unspecified atom stereocenters. The minimum Gasteiger partial charge on any atom is -0.481 e. The van der Waals surface area contributed by atoms with Gasteiger partial charge in [0.05, 0.1) is 6.10 Å². The number of nitrogens with one attached hydrogen (secondary N) is 2. The van der Waals surface area contributed by atoms with Gasteiger partial charge in [0.2, 0.25) is 0 Å². The highest BCUT2D eigenvalue weighted by atomic mass is 16.5.